The Morgan fingerprint density at radius 2 is 1.85 bits per heavy atom. The Labute approximate surface area is 146 Å². The number of fused-ring (bicyclic) bond motifs is 1. The van der Waals surface area contributed by atoms with E-state index in [0.29, 0.717) is 17.0 Å². The van der Waals surface area contributed by atoms with Gasteiger partial charge in [0.05, 0.1) is 5.69 Å². The summed E-state index contributed by atoms with van der Waals surface area (Å²) in [5.41, 5.74) is 6.87. The number of primary amides is 1. The van der Waals surface area contributed by atoms with Crippen molar-refractivity contribution in [2.24, 2.45) is 5.73 Å². The Morgan fingerprint density at radius 3 is 2.54 bits per heavy atom. The highest BCUT2D eigenvalue weighted by Crippen LogP contribution is 2.20. The van der Waals surface area contributed by atoms with Crippen LogP contribution in [0.2, 0.25) is 0 Å². The smallest absolute Gasteiger partial charge is 0.291 e. The van der Waals surface area contributed by atoms with Crippen molar-refractivity contribution in [2.45, 2.75) is 0 Å². The molecule has 0 aliphatic rings. The zero-order valence-electron chi connectivity index (χ0n) is 13.3. The fourth-order valence-electron chi connectivity index (χ4n) is 2.39. The molecule has 2 amide bonds. The first-order chi connectivity index (χ1) is 12.6. The predicted octanol–water partition coefficient (Wildman–Crippen LogP) is 1.76. The molecule has 2 heterocycles. The number of aromatic nitrogens is 4. The number of carbonyl (C=O) groups excluding carboxylic acids is 2. The van der Waals surface area contributed by atoms with Crippen molar-refractivity contribution in [3.63, 3.8) is 0 Å². The number of nitrogens with one attached hydrogen (secondary N) is 1. The standard InChI is InChI=1S/C17H12N6O3/c18-15(24)16-20-22-23(21-16)12-7-5-11(6-8-12)19-17(25)14-9-10-3-1-2-4-13(10)26-14/h1-9H,(H2,18,24)(H,19,25). The van der Waals surface area contributed by atoms with Crippen molar-refractivity contribution in [1.82, 2.24) is 20.2 Å². The van der Waals surface area contributed by atoms with Gasteiger partial charge in [-0.1, -0.05) is 18.2 Å². The first-order valence-corrected chi connectivity index (χ1v) is 7.60. The van der Waals surface area contributed by atoms with Gasteiger partial charge in [-0.15, -0.1) is 15.0 Å². The Hall–Kier alpha value is -4.01. The maximum atomic E-state index is 12.3. The van der Waals surface area contributed by atoms with Gasteiger partial charge in [0.2, 0.25) is 0 Å². The summed E-state index contributed by atoms with van der Waals surface area (Å²) in [6.07, 6.45) is 0. The monoisotopic (exact) mass is 348 g/mol. The van der Waals surface area contributed by atoms with E-state index in [4.69, 9.17) is 10.2 Å². The quantitative estimate of drug-likeness (QED) is 0.578. The summed E-state index contributed by atoms with van der Waals surface area (Å²) in [5, 5.41) is 14.8. The highest BCUT2D eigenvalue weighted by Gasteiger charge is 2.13. The Morgan fingerprint density at radius 1 is 1.08 bits per heavy atom. The number of carbonyl (C=O) groups is 2. The van der Waals surface area contributed by atoms with Gasteiger partial charge >= 0.3 is 0 Å². The molecule has 0 saturated carbocycles. The molecule has 4 rings (SSSR count). The van der Waals surface area contributed by atoms with Crippen molar-refractivity contribution in [1.29, 1.82) is 0 Å². The summed E-state index contributed by atoms with van der Waals surface area (Å²) in [4.78, 5) is 24.5. The third-order valence-electron chi connectivity index (χ3n) is 3.64. The van der Waals surface area contributed by atoms with Crippen LogP contribution in [0.3, 0.4) is 0 Å². The fourth-order valence-corrected chi connectivity index (χ4v) is 2.39. The van der Waals surface area contributed by atoms with E-state index < -0.39 is 5.91 Å². The van der Waals surface area contributed by atoms with Crippen molar-refractivity contribution < 1.29 is 14.0 Å². The number of rotatable bonds is 4. The Balaban J connectivity index is 1.51. The van der Waals surface area contributed by atoms with Crippen molar-refractivity contribution in [3.05, 3.63) is 66.2 Å². The van der Waals surface area contributed by atoms with Gasteiger partial charge < -0.3 is 15.5 Å². The molecular formula is C17H12N6O3. The third kappa shape index (κ3) is 2.88. The third-order valence-corrected chi connectivity index (χ3v) is 3.64. The molecule has 4 aromatic rings. The number of amides is 2. The fraction of sp³-hybridized carbons (Fsp3) is 0. The zero-order chi connectivity index (χ0) is 18.1. The molecule has 26 heavy (non-hydrogen) atoms. The number of furan rings is 1. The van der Waals surface area contributed by atoms with Crippen LogP contribution in [0, 0.1) is 0 Å². The number of hydrogen-bond donors (Lipinski definition) is 2. The molecule has 128 valence electrons. The summed E-state index contributed by atoms with van der Waals surface area (Å²) >= 11 is 0. The minimum atomic E-state index is -0.758. The highest BCUT2D eigenvalue weighted by molar-refractivity contribution is 6.04. The second-order valence-corrected chi connectivity index (χ2v) is 5.42. The van der Waals surface area contributed by atoms with Crippen molar-refractivity contribution in [2.75, 3.05) is 5.32 Å². The van der Waals surface area contributed by atoms with Gasteiger partial charge in [-0.05, 0) is 41.6 Å². The van der Waals surface area contributed by atoms with Crippen LogP contribution in [0.1, 0.15) is 21.2 Å². The molecule has 0 atom stereocenters. The number of benzene rings is 2. The molecule has 0 spiro atoms. The van der Waals surface area contributed by atoms with Crippen LogP contribution in [-0.4, -0.2) is 32.0 Å². The summed E-state index contributed by atoms with van der Waals surface area (Å²) in [6.45, 7) is 0. The summed E-state index contributed by atoms with van der Waals surface area (Å²) in [7, 11) is 0. The number of nitrogens with zero attached hydrogens (tertiary/aromatic N) is 4. The average Bonchev–Trinajstić information content (AvgIpc) is 3.29. The van der Waals surface area contributed by atoms with Crippen LogP contribution in [0.15, 0.2) is 59.0 Å². The van der Waals surface area contributed by atoms with Gasteiger partial charge in [0.25, 0.3) is 17.6 Å². The van der Waals surface area contributed by atoms with E-state index in [1.54, 1.807) is 36.4 Å². The topological polar surface area (TPSA) is 129 Å². The minimum Gasteiger partial charge on any atom is -0.451 e. The summed E-state index contributed by atoms with van der Waals surface area (Å²) < 4.78 is 5.53. The minimum absolute atomic E-state index is 0.174. The number of nitrogens with two attached hydrogens (primary N) is 1. The van der Waals surface area contributed by atoms with E-state index in [1.807, 2.05) is 18.2 Å². The van der Waals surface area contributed by atoms with Crippen LogP contribution >= 0.6 is 0 Å². The van der Waals surface area contributed by atoms with Gasteiger partial charge in [0.15, 0.2) is 5.76 Å². The first kappa shape index (κ1) is 15.5. The number of tetrazole rings is 1. The molecule has 9 heteroatoms. The maximum absolute atomic E-state index is 12.3. The van der Waals surface area contributed by atoms with Crippen LogP contribution in [-0.2, 0) is 0 Å². The summed E-state index contributed by atoms with van der Waals surface area (Å²) in [6, 6.07) is 15.7. The van der Waals surface area contributed by atoms with E-state index in [9.17, 15) is 9.59 Å². The van der Waals surface area contributed by atoms with E-state index >= 15 is 0 Å². The summed E-state index contributed by atoms with van der Waals surface area (Å²) in [5.74, 6) is -1.07. The molecule has 2 aromatic heterocycles. The Bertz CT molecular complexity index is 1080. The number of anilines is 1. The molecule has 0 unspecified atom stereocenters. The van der Waals surface area contributed by atoms with Crippen LogP contribution in [0.4, 0.5) is 5.69 Å². The molecule has 3 N–H and O–H groups in total. The number of para-hydroxylation sites is 1. The van der Waals surface area contributed by atoms with Crippen LogP contribution < -0.4 is 11.1 Å². The van der Waals surface area contributed by atoms with Gasteiger partial charge in [-0.3, -0.25) is 9.59 Å². The largest absolute Gasteiger partial charge is 0.451 e. The molecule has 0 fully saturated rings. The lowest BCUT2D eigenvalue weighted by atomic mass is 10.2. The molecule has 0 aliphatic carbocycles. The first-order valence-electron chi connectivity index (χ1n) is 7.60. The zero-order valence-corrected chi connectivity index (χ0v) is 13.3. The predicted molar refractivity (Wildman–Crippen MR) is 91.8 cm³/mol. The second kappa shape index (κ2) is 6.13. The van der Waals surface area contributed by atoms with Crippen LogP contribution in [0.5, 0.6) is 0 Å². The molecule has 0 saturated heterocycles. The van der Waals surface area contributed by atoms with E-state index in [-0.39, 0.29) is 17.5 Å². The lowest BCUT2D eigenvalue weighted by Crippen LogP contribution is -2.13. The van der Waals surface area contributed by atoms with Crippen LogP contribution in [0.25, 0.3) is 16.7 Å². The number of hydrogen-bond acceptors (Lipinski definition) is 6. The van der Waals surface area contributed by atoms with Gasteiger partial charge in [0.1, 0.15) is 5.58 Å². The lowest BCUT2D eigenvalue weighted by Gasteiger charge is -2.04. The van der Waals surface area contributed by atoms with Gasteiger partial charge in [0, 0.05) is 11.1 Å². The molecule has 2 aromatic carbocycles. The van der Waals surface area contributed by atoms with E-state index in [1.165, 1.54) is 4.80 Å². The Kier molecular flexibility index (Phi) is 3.66. The molecule has 0 aliphatic heterocycles. The van der Waals surface area contributed by atoms with Gasteiger partial charge in [-0.25, -0.2) is 0 Å². The van der Waals surface area contributed by atoms with Crippen molar-refractivity contribution in [3.8, 4) is 5.69 Å². The molecule has 0 radical (unpaired) electrons. The van der Waals surface area contributed by atoms with E-state index in [2.05, 4.69) is 20.7 Å². The van der Waals surface area contributed by atoms with E-state index in [0.717, 1.165) is 5.39 Å². The molecule has 0 bridgehead atoms. The highest BCUT2D eigenvalue weighted by atomic mass is 16.3. The molecule has 9 nitrogen and oxygen atoms in total. The maximum Gasteiger partial charge on any atom is 0.291 e. The normalized spacial score (nSPS) is 10.8. The van der Waals surface area contributed by atoms with Crippen molar-refractivity contribution >= 4 is 28.5 Å². The second-order valence-electron chi connectivity index (χ2n) is 5.42. The molecular weight excluding hydrogens is 336 g/mol. The lowest BCUT2D eigenvalue weighted by molar-refractivity contribution is 0.0985. The van der Waals surface area contributed by atoms with Gasteiger partial charge in [-0.2, -0.15) is 0 Å². The average molecular weight is 348 g/mol. The SMILES string of the molecule is NC(=O)c1nnn(-c2ccc(NC(=O)c3cc4ccccc4o3)cc2)n1.